The van der Waals surface area contributed by atoms with Crippen molar-refractivity contribution in [3.05, 3.63) is 169 Å². The second kappa shape index (κ2) is 9.94. The molecule has 0 saturated carbocycles. The maximum absolute atomic E-state index is 10.3. The van der Waals surface area contributed by atoms with Gasteiger partial charge in [-0.3, -0.25) is 0 Å². The highest BCUT2D eigenvalue weighted by atomic mass is 16.3. The second-order valence-electron chi connectivity index (χ2n) is 11.8. The fourth-order valence-electron chi connectivity index (χ4n) is 6.98. The van der Waals surface area contributed by atoms with Gasteiger partial charge in [0.25, 0.3) is 0 Å². The minimum Gasteiger partial charge on any atom is -0.456 e. The highest BCUT2D eigenvalue weighted by Crippen LogP contribution is 2.45. The quantitative estimate of drug-likeness (QED) is 0.170. The predicted molar refractivity (Wildman–Crippen MR) is 217 cm³/mol. The summed E-state index contributed by atoms with van der Waals surface area (Å²) in [5, 5.41) is -5.57. The van der Waals surface area contributed by atoms with Crippen molar-refractivity contribution in [2.45, 2.75) is 0 Å². The van der Waals surface area contributed by atoms with Gasteiger partial charge in [-0.2, -0.15) is 0 Å². The SMILES string of the molecule is [2H]c1c(-c2c([2H])c([2H])c3c([2H])c([2H])c4c([2H])c([2H])c([2H])c5c([2H])cc2c3c54)c([2H])c(-c2c([2H])c([2H])c([2H])c3oc4c([2H])c([2H])c([2H])c([2H])c4c23)c([2H])c1-c1c([2H])c([2H])c2c([2H])c([2H])c3c([2H])c([2H])c([2H])c4c([2H])c([2H])c1c2c34. The highest BCUT2D eigenvalue weighted by Gasteiger charge is 2.19. The van der Waals surface area contributed by atoms with E-state index in [1.807, 2.05) is 0 Å². The third-order valence-corrected chi connectivity index (χ3v) is 9.16. The largest absolute Gasteiger partial charge is 0.456 e. The molecule has 51 heavy (non-hydrogen) atoms. The number of hydrogen-bond donors (Lipinski definition) is 0. The molecule has 1 heterocycles. The molecule has 0 atom stereocenters. The molecule has 0 spiro atoms. The van der Waals surface area contributed by atoms with Gasteiger partial charge in [0, 0.05) is 10.8 Å². The molecule has 0 aliphatic carbocycles. The molecule has 0 bridgehead atoms. The van der Waals surface area contributed by atoms with Crippen LogP contribution < -0.4 is 0 Å². The van der Waals surface area contributed by atoms with E-state index in [4.69, 9.17) is 26.3 Å². The van der Waals surface area contributed by atoms with E-state index in [9.17, 15) is 15.1 Å². The lowest BCUT2D eigenvalue weighted by Crippen LogP contribution is -1.91. The van der Waals surface area contributed by atoms with Crippen molar-refractivity contribution in [3.8, 4) is 33.4 Å². The summed E-state index contributed by atoms with van der Waals surface area (Å²) in [7, 11) is 0. The highest BCUT2D eigenvalue weighted by molar-refractivity contribution is 6.27. The summed E-state index contributed by atoms with van der Waals surface area (Å²) >= 11 is 0. The molecule has 11 aromatic carbocycles. The molecule has 0 radical (unpaired) electrons. The van der Waals surface area contributed by atoms with Gasteiger partial charge in [-0.1, -0.05) is 139 Å². The molecule has 0 aliphatic rings. The smallest absolute Gasteiger partial charge is 0.136 e. The summed E-state index contributed by atoms with van der Waals surface area (Å²) < 4.78 is 254. The molecule has 0 unspecified atom stereocenters. The Morgan fingerprint density at radius 3 is 1.49 bits per heavy atom. The first-order valence-electron chi connectivity index (χ1n) is 29.0. The maximum atomic E-state index is 10.3. The first-order chi connectivity index (χ1) is 36.6. The van der Waals surface area contributed by atoms with Crippen molar-refractivity contribution in [1.82, 2.24) is 0 Å². The van der Waals surface area contributed by atoms with Crippen LogP contribution in [0.3, 0.4) is 0 Å². The number of fused-ring (bicyclic) bond motifs is 3. The molecule has 12 aromatic rings. The summed E-state index contributed by atoms with van der Waals surface area (Å²) in [5.74, 6) is 0. The average molecular weight is 672 g/mol. The topological polar surface area (TPSA) is 13.1 Å². The zero-order chi connectivity index (χ0) is 56.7. The zero-order valence-electron chi connectivity index (χ0n) is 52.5. The lowest BCUT2D eigenvalue weighted by Gasteiger charge is -2.18. The molecule has 1 heteroatoms. The molecule has 0 amide bonds. The van der Waals surface area contributed by atoms with Crippen molar-refractivity contribution in [3.63, 3.8) is 0 Å². The van der Waals surface area contributed by atoms with Crippen LogP contribution >= 0.6 is 0 Å². The fourth-order valence-corrected chi connectivity index (χ4v) is 6.98. The Kier molecular flexibility index (Phi) is 2.39. The van der Waals surface area contributed by atoms with Crippen molar-refractivity contribution >= 4 is 86.6 Å². The van der Waals surface area contributed by atoms with E-state index in [1.54, 1.807) is 0 Å². The van der Waals surface area contributed by atoms with Crippen LogP contribution in [0.4, 0.5) is 0 Å². The van der Waals surface area contributed by atoms with Crippen LogP contribution in [0.1, 0.15) is 37.0 Å². The van der Waals surface area contributed by atoms with Gasteiger partial charge in [-0.15, -0.1) is 0 Å². The monoisotopic (exact) mass is 671 g/mol. The van der Waals surface area contributed by atoms with Crippen LogP contribution in [-0.4, -0.2) is 0 Å². The van der Waals surface area contributed by atoms with Crippen molar-refractivity contribution in [1.29, 1.82) is 0 Å². The summed E-state index contributed by atoms with van der Waals surface area (Å²) in [6.07, 6.45) is 0. The van der Waals surface area contributed by atoms with Crippen LogP contribution in [0.15, 0.2) is 174 Å². The van der Waals surface area contributed by atoms with Gasteiger partial charge in [-0.25, -0.2) is 0 Å². The Balaban J connectivity index is 1.40. The van der Waals surface area contributed by atoms with E-state index in [-0.39, 0.29) is 37.7 Å². The third kappa shape index (κ3) is 3.75. The average Bonchev–Trinajstić information content (AvgIpc) is 1.88. The standard InChI is InChI=1S/C50H28O/c1-2-12-44-43(10-1)50-40(11-5-13-45(50)51-44)37-27-35(38-22-18-33-16-14-29-6-3-8-31-20-24-41(38)48(33)46(29)31)26-36(28-37)39-23-19-34-17-15-30-7-4-9-32-21-25-42(39)49(34)47(30)32/h1-28H/i1D,2D,3D,4D,5D,6D,7D,8D,9D,10D,11D,12D,13D,14D,15D,16D,17D,18D,19D,20D,21D,22D,23D,24D,26D,27D,28D. The Labute approximate surface area is 331 Å². The molecular weight excluding hydrogens is 617 g/mol. The fraction of sp³-hybridized carbons (Fsp3) is 0. The van der Waals surface area contributed by atoms with E-state index in [0.717, 1.165) is 6.07 Å². The van der Waals surface area contributed by atoms with E-state index >= 15 is 0 Å². The molecule has 0 fully saturated rings. The van der Waals surface area contributed by atoms with Crippen LogP contribution in [0.2, 0.25) is 0 Å². The van der Waals surface area contributed by atoms with Crippen LogP contribution in [0, 0.1) is 0 Å². The first kappa shape index (κ1) is 12.3. The molecule has 0 N–H and O–H groups in total. The summed E-state index contributed by atoms with van der Waals surface area (Å²) in [4.78, 5) is 0. The first-order valence-corrected chi connectivity index (χ1v) is 15.5. The Bertz CT molecular complexity index is 4900. The van der Waals surface area contributed by atoms with Crippen LogP contribution in [-0.2, 0) is 0 Å². The minimum absolute atomic E-state index is 0.232. The van der Waals surface area contributed by atoms with Gasteiger partial charge in [-0.05, 0) is 128 Å². The summed E-state index contributed by atoms with van der Waals surface area (Å²) in [6.45, 7) is 0. The number of hydrogen-bond acceptors (Lipinski definition) is 1. The number of rotatable bonds is 3. The molecule has 234 valence electrons. The van der Waals surface area contributed by atoms with Crippen molar-refractivity contribution in [2.75, 3.05) is 0 Å². The van der Waals surface area contributed by atoms with Gasteiger partial charge < -0.3 is 4.42 Å². The molecule has 0 aliphatic heterocycles. The Hall–Kier alpha value is -6.70. The van der Waals surface area contributed by atoms with Gasteiger partial charge in [0.15, 0.2) is 0 Å². The van der Waals surface area contributed by atoms with Gasteiger partial charge >= 0.3 is 0 Å². The third-order valence-electron chi connectivity index (χ3n) is 9.16. The Morgan fingerprint density at radius 1 is 0.314 bits per heavy atom. The lowest BCUT2D eigenvalue weighted by atomic mass is 9.85. The van der Waals surface area contributed by atoms with Crippen molar-refractivity contribution in [2.24, 2.45) is 0 Å². The number of para-hydroxylation sites is 1. The van der Waals surface area contributed by atoms with Crippen LogP contribution in [0.25, 0.3) is 120 Å². The lowest BCUT2D eigenvalue weighted by molar-refractivity contribution is 0.669. The number of benzene rings is 11. The second-order valence-corrected chi connectivity index (χ2v) is 11.8. The van der Waals surface area contributed by atoms with E-state index in [1.165, 1.54) is 0 Å². The van der Waals surface area contributed by atoms with Crippen molar-refractivity contribution < 1.29 is 41.4 Å². The normalized spacial score (nSPS) is 19.7. The minimum atomic E-state index is -1.04. The molecule has 1 aromatic heterocycles. The van der Waals surface area contributed by atoms with Gasteiger partial charge in [0.2, 0.25) is 0 Å². The van der Waals surface area contributed by atoms with Gasteiger partial charge in [0.05, 0.1) is 37.0 Å². The van der Waals surface area contributed by atoms with E-state index < -0.39 is 245 Å². The zero-order valence-corrected chi connectivity index (χ0v) is 25.5. The molecule has 0 saturated heterocycles. The maximum Gasteiger partial charge on any atom is 0.136 e. The molecule has 12 rings (SSSR count). The number of furan rings is 1. The van der Waals surface area contributed by atoms with Crippen LogP contribution in [0.5, 0.6) is 0 Å². The molecular formula is C50H28O. The van der Waals surface area contributed by atoms with Gasteiger partial charge in [0.1, 0.15) is 11.2 Å². The summed E-state index contributed by atoms with van der Waals surface area (Å²) in [5.41, 5.74) is -5.77. The molecule has 1 nitrogen and oxygen atoms in total. The van der Waals surface area contributed by atoms with E-state index in [0.29, 0.717) is 0 Å². The predicted octanol–water partition coefficient (Wildman–Crippen LogP) is 14.4. The summed E-state index contributed by atoms with van der Waals surface area (Å²) in [6, 6.07) is -20.9. The van der Waals surface area contributed by atoms with E-state index in [2.05, 4.69) is 0 Å². The Morgan fingerprint density at radius 2 is 0.804 bits per heavy atom.